The fraction of sp³-hybridized carbons (Fsp3) is 0.868. The third kappa shape index (κ3) is 4.77. The lowest BCUT2D eigenvalue weighted by Gasteiger charge is -2.71. The van der Waals surface area contributed by atoms with Crippen LogP contribution in [0.4, 0.5) is 0 Å². The van der Waals surface area contributed by atoms with Gasteiger partial charge in [0, 0.05) is 18.5 Å². The van der Waals surface area contributed by atoms with Crippen LogP contribution in [0.15, 0.2) is 11.6 Å². The highest BCUT2D eigenvalue weighted by atomic mass is 16.5. The van der Waals surface area contributed by atoms with E-state index in [2.05, 4.69) is 78.6 Å². The molecular formula is C38H62N2O4. The number of allylic oxidation sites excluding steroid dienone is 2. The fourth-order valence-corrected chi connectivity index (χ4v) is 12.0. The molecule has 5 aliphatic carbocycles. The minimum atomic E-state index is -0.596. The van der Waals surface area contributed by atoms with Crippen LogP contribution < -0.4 is 5.32 Å². The van der Waals surface area contributed by atoms with Crippen LogP contribution in [-0.2, 0) is 19.1 Å². The second kappa shape index (κ2) is 11.2. The number of ether oxygens (including phenoxy) is 1. The largest absolute Gasteiger partial charge is 0.469 e. The van der Waals surface area contributed by atoms with Gasteiger partial charge in [0.25, 0.3) is 0 Å². The summed E-state index contributed by atoms with van der Waals surface area (Å²) in [5, 5.41) is 3.17. The van der Waals surface area contributed by atoms with Crippen LogP contribution in [0, 0.1) is 56.2 Å². The SMILES string of the molecule is CCN(CC)CCNC(=O)C1CC2(C)C(CC[C@]3(C)C2CC=C2C4CC(C)(C)CC[C@]4(C(=O)OC)CC[C@]23C)C(C)(C)C1=O. The maximum atomic E-state index is 14.0. The zero-order valence-electron chi connectivity index (χ0n) is 29.7. The topological polar surface area (TPSA) is 75.7 Å². The van der Waals surface area contributed by atoms with Gasteiger partial charge in [-0.15, -0.1) is 0 Å². The van der Waals surface area contributed by atoms with Crippen molar-refractivity contribution in [2.75, 3.05) is 33.3 Å². The summed E-state index contributed by atoms with van der Waals surface area (Å²) in [6.07, 6.45) is 11.1. The predicted molar refractivity (Wildman–Crippen MR) is 176 cm³/mol. The molecule has 0 saturated heterocycles. The van der Waals surface area contributed by atoms with Crippen molar-refractivity contribution >= 4 is 17.7 Å². The predicted octanol–water partition coefficient (Wildman–Crippen LogP) is 7.21. The van der Waals surface area contributed by atoms with Gasteiger partial charge in [-0.3, -0.25) is 14.4 Å². The molecule has 0 radical (unpaired) electrons. The number of fused-ring (bicyclic) bond motifs is 7. The molecule has 0 aromatic rings. The summed E-state index contributed by atoms with van der Waals surface area (Å²) in [6, 6.07) is 0. The Morgan fingerprint density at radius 1 is 0.932 bits per heavy atom. The van der Waals surface area contributed by atoms with E-state index in [4.69, 9.17) is 4.74 Å². The molecule has 5 aliphatic rings. The normalized spacial score (nSPS) is 42.2. The van der Waals surface area contributed by atoms with Crippen LogP contribution in [-0.4, -0.2) is 55.8 Å². The molecule has 6 nitrogen and oxygen atoms in total. The molecule has 4 saturated carbocycles. The summed E-state index contributed by atoms with van der Waals surface area (Å²) in [5.74, 6) is 0.299. The average Bonchev–Trinajstić information content (AvgIpc) is 2.96. The Labute approximate surface area is 267 Å². The van der Waals surface area contributed by atoms with E-state index in [-0.39, 0.29) is 51.2 Å². The number of hydrogen-bond acceptors (Lipinski definition) is 5. The lowest BCUT2D eigenvalue weighted by Crippen LogP contribution is -2.66. The second-order valence-corrected chi connectivity index (χ2v) is 17.5. The van der Waals surface area contributed by atoms with E-state index in [1.165, 1.54) is 5.57 Å². The number of rotatable bonds is 7. The fourth-order valence-electron chi connectivity index (χ4n) is 12.0. The molecule has 1 amide bonds. The van der Waals surface area contributed by atoms with Gasteiger partial charge >= 0.3 is 5.97 Å². The van der Waals surface area contributed by atoms with E-state index in [1.54, 1.807) is 7.11 Å². The van der Waals surface area contributed by atoms with Crippen molar-refractivity contribution in [1.82, 2.24) is 10.2 Å². The molecule has 5 unspecified atom stereocenters. The Kier molecular flexibility index (Phi) is 8.59. The third-order valence-electron chi connectivity index (χ3n) is 14.9. The minimum absolute atomic E-state index is 0.00807. The van der Waals surface area contributed by atoms with Crippen molar-refractivity contribution in [3.8, 4) is 0 Å². The first kappa shape index (κ1) is 33.7. The van der Waals surface area contributed by atoms with Gasteiger partial charge in [-0.1, -0.05) is 74.0 Å². The van der Waals surface area contributed by atoms with Gasteiger partial charge in [0.15, 0.2) is 5.78 Å². The number of Topliss-reactive ketones (excluding diaryl/α,β-unsaturated/α-hetero) is 1. The van der Waals surface area contributed by atoms with Gasteiger partial charge in [0.05, 0.1) is 18.4 Å². The molecular weight excluding hydrogens is 548 g/mol. The molecule has 44 heavy (non-hydrogen) atoms. The van der Waals surface area contributed by atoms with Crippen molar-refractivity contribution in [1.29, 1.82) is 0 Å². The molecule has 0 aromatic heterocycles. The second-order valence-electron chi connectivity index (χ2n) is 17.5. The van der Waals surface area contributed by atoms with Crippen molar-refractivity contribution in [3.63, 3.8) is 0 Å². The average molecular weight is 611 g/mol. The quantitative estimate of drug-likeness (QED) is 0.187. The number of carbonyl (C=O) groups is 3. The lowest BCUT2D eigenvalue weighted by atomic mass is 9.33. The maximum absolute atomic E-state index is 14.0. The van der Waals surface area contributed by atoms with E-state index >= 15 is 0 Å². The number of hydrogen-bond donors (Lipinski definition) is 1. The molecule has 0 spiro atoms. The van der Waals surface area contributed by atoms with E-state index in [1.807, 2.05) is 0 Å². The van der Waals surface area contributed by atoms with Gasteiger partial charge in [-0.2, -0.15) is 0 Å². The zero-order valence-corrected chi connectivity index (χ0v) is 29.7. The highest BCUT2D eigenvalue weighted by Crippen LogP contribution is 2.75. The number of esters is 1. The van der Waals surface area contributed by atoms with E-state index in [9.17, 15) is 14.4 Å². The van der Waals surface area contributed by atoms with Gasteiger partial charge in [-0.05, 0) is 110 Å². The molecule has 4 fully saturated rings. The highest BCUT2D eigenvalue weighted by Gasteiger charge is 2.70. The van der Waals surface area contributed by atoms with Gasteiger partial charge in [0.2, 0.25) is 5.91 Å². The summed E-state index contributed by atoms with van der Waals surface area (Å²) < 4.78 is 5.53. The molecule has 0 aromatic carbocycles. The molecule has 0 bridgehead atoms. The van der Waals surface area contributed by atoms with Gasteiger partial charge in [0.1, 0.15) is 0 Å². The number of nitrogens with one attached hydrogen (secondary N) is 1. The zero-order chi connectivity index (χ0) is 32.5. The molecule has 5 rings (SSSR count). The number of carbonyl (C=O) groups excluding carboxylic acids is 3. The van der Waals surface area contributed by atoms with Crippen molar-refractivity contribution in [3.05, 3.63) is 11.6 Å². The Morgan fingerprint density at radius 3 is 2.23 bits per heavy atom. The number of likely N-dealkylation sites (N-methyl/N-ethyl adjacent to an activating group) is 1. The molecule has 0 aliphatic heterocycles. The maximum Gasteiger partial charge on any atom is 0.312 e. The molecule has 8 atom stereocenters. The Balaban J connectivity index is 1.50. The standard InChI is InChI=1S/C38H62N2O4/c1-11-40(12-2)22-21-39-31(42)25-23-35(7)28(34(5,6)30(25)41)15-16-37(9)29(35)14-13-26-27-24-33(3,4)17-19-38(27,32(43)44-10)20-18-36(26,37)8/h13,25,27-29H,11-12,14-24H2,1-10H3,(H,39,42)/t25?,27?,28?,29?,35?,36-,37-,38+/m1/s1. The van der Waals surface area contributed by atoms with Crippen LogP contribution in [0.1, 0.15) is 120 Å². The van der Waals surface area contributed by atoms with Crippen LogP contribution in [0.3, 0.4) is 0 Å². The van der Waals surface area contributed by atoms with E-state index in [0.29, 0.717) is 18.9 Å². The summed E-state index contributed by atoms with van der Waals surface area (Å²) in [4.78, 5) is 43.6. The van der Waals surface area contributed by atoms with Crippen LogP contribution in [0.25, 0.3) is 0 Å². The first-order chi connectivity index (χ1) is 20.5. The number of amides is 1. The summed E-state index contributed by atoms with van der Waals surface area (Å²) >= 11 is 0. The van der Waals surface area contributed by atoms with Crippen LogP contribution >= 0.6 is 0 Å². The Hall–Kier alpha value is -1.69. The molecule has 248 valence electrons. The van der Waals surface area contributed by atoms with E-state index in [0.717, 1.165) is 71.0 Å². The number of methoxy groups -OCH3 is 1. The van der Waals surface area contributed by atoms with Crippen LogP contribution in [0.2, 0.25) is 0 Å². The minimum Gasteiger partial charge on any atom is -0.469 e. The highest BCUT2D eigenvalue weighted by molar-refractivity contribution is 6.04. The van der Waals surface area contributed by atoms with Crippen molar-refractivity contribution in [2.24, 2.45) is 56.2 Å². The number of nitrogens with zero attached hydrogens (tertiary/aromatic N) is 1. The van der Waals surface area contributed by atoms with Crippen LogP contribution in [0.5, 0.6) is 0 Å². The summed E-state index contributed by atoms with van der Waals surface area (Å²) in [7, 11) is 1.57. The summed E-state index contributed by atoms with van der Waals surface area (Å²) in [5.41, 5.74) is 0.646. The van der Waals surface area contributed by atoms with Gasteiger partial charge in [-0.25, -0.2) is 0 Å². The smallest absolute Gasteiger partial charge is 0.312 e. The van der Waals surface area contributed by atoms with Crippen molar-refractivity contribution in [2.45, 2.75) is 120 Å². The van der Waals surface area contributed by atoms with E-state index < -0.39 is 16.7 Å². The molecule has 1 N–H and O–H groups in total. The first-order valence-corrected chi connectivity index (χ1v) is 17.8. The molecule has 0 heterocycles. The monoisotopic (exact) mass is 610 g/mol. The number of ketones is 1. The third-order valence-corrected chi connectivity index (χ3v) is 14.9. The summed E-state index contributed by atoms with van der Waals surface area (Å²) in [6.45, 7) is 24.0. The Morgan fingerprint density at radius 2 is 1.59 bits per heavy atom. The lowest BCUT2D eigenvalue weighted by molar-refractivity contribution is -0.196. The van der Waals surface area contributed by atoms with Crippen molar-refractivity contribution < 1.29 is 19.1 Å². The van der Waals surface area contributed by atoms with Gasteiger partial charge < -0.3 is 15.0 Å². The molecule has 6 heteroatoms. The Bertz CT molecular complexity index is 1200. The first-order valence-electron chi connectivity index (χ1n) is 17.8.